The molecule has 0 saturated carbocycles. The van der Waals surface area contributed by atoms with Gasteiger partial charge in [-0.1, -0.05) is 13.8 Å². The third-order valence-corrected chi connectivity index (χ3v) is 5.50. The zero-order chi connectivity index (χ0) is 18.4. The van der Waals surface area contributed by atoms with Crippen molar-refractivity contribution in [2.45, 2.75) is 39.2 Å². The predicted molar refractivity (Wildman–Crippen MR) is 88.8 cm³/mol. The summed E-state index contributed by atoms with van der Waals surface area (Å²) in [7, 11) is 0. The number of carbonyl (C=O) groups is 3. The summed E-state index contributed by atoms with van der Waals surface area (Å²) in [5.41, 5.74) is -0.0388. The largest absolute Gasteiger partial charge is 0.507 e. The molecule has 1 heterocycles. The Balaban J connectivity index is 2.34. The zero-order valence-corrected chi connectivity index (χ0v) is 14.2. The van der Waals surface area contributed by atoms with Gasteiger partial charge in [-0.15, -0.1) is 0 Å². The van der Waals surface area contributed by atoms with Crippen LogP contribution in [0.3, 0.4) is 0 Å². The summed E-state index contributed by atoms with van der Waals surface area (Å²) in [5, 5.41) is 21.6. The molecule has 1 aliphatic carbocycles. The first-order valence-electron chi connectivity index (χ1n) is 7.94. The molecule has 2 N–H and O–H groups in total. The van der Waals surface area contributed by atoms with Crippen LogP contribution in [0.1, 0.15) is 52.6 Å². The molecule has 0 spiro atoms. The summed E-state index contributed by atoms with van der Waals surface area (Å²) in [6.07, 6.45) is -0.286. The van der Waals surface area contributed by atoms with E-state index in [1.165, 1.54) is 6.07 Å². The van der Waals surface area contributed by atoms with E-state index in [0.29, 0.717) is 22.3 Å². The first kappa shape index (κ1) is 15.6. The van der Waals surface area contributed by atoms with E-state index in [-0.39, 0.29) is 34.1 Å². The highest BCUT2D eigenvalue weighted by atomic mass is 16.5. The van der Waals surface area contributed by atoms with Gasteiger partial charge in [-0.25, -0.2) is 0 Å². The predicted octanol–water partition coefficient (Wildman–Crippen LogP) is 2.57. The fourth-order valence-electron chi connectivity index (χ4n) is 3.84. The Kier molecular flexibility index (Phi) is 2.74. The summed E-state index contributed by atoms with van der Waals surface area (Å²) >= 11 is 0. The van der Waals surface area contributed by atoms with Gasteiger partial charge >= 0.3 is 0 Å². The van der Waals surface area contributed by atoms with Crippen LogP contribution >= 0.6 is 0 Å². The van der Waals surface area contributed by atoms with Gasteiger partial charge in [-0.3, -0.25) is 14.4 Å². The van der Waals surface area contributed by atoms with E-state index in [9.17, 15) is 24.6 Å². The average molecular weight is 340 g/mol. The fourth-order valence-corrected chi connectivity index (χ4v) is 3.84. The number of phenols is 2. The van der Waals surface area contributed by atoms with Crippen LogP contribution in [-0.2, 0) is 10.2 Å². The van der Waals surface area contributed by atoms with Crippen molar-refractivity contribution in [1.29, 1.82) is 0 Å². The monoisotopic (exact) mass is 340 g/mol. The van der Waals surface area contributed by atoms with Crippen molar-refractivity contribution in [2.75, 3.05) is 0 Å². The second-order valence-electron chi connectivity index (χ2n) is 7.23. The van der Waals surface area contributed by atoms with Gasteiger partial charge in [0.1, 0.15) is 23.4 Å². The maximum absolute atomic E-state index is 12.5. The number of fused-ring (bicyclic) bond motifs is 2. The van der Waals surface area contributed by atoms with Crippen LogP contribution < -0.4 is 4.74 Å². The van der Waals surface area contributed by atoms with Crippen molar-refractivity contribution in [2.24, 2.45) is 0 Å². The number of ketones is 3. The lowest BCUT2D eigenvalue weighted by Gasteiger charge is -2.25. The van der Waals surface area contributed by atoms with E-state index >= 15 is 0 Å². The third-order valence-electron chi connectivity index (χ3n) is 5.50. The second kappa shape index (κ2) is 4.39. The number of Topliss-reactive ketones (excluding diaryl/α,β-unsaturated/α-hetero) is 3. The van der Waals surface area contributed by atoms with Gasteiger partial charge in [0.25, 0.3) is 5.78 Å². The number of rotatable bonds is 0. The SMILES string of the molecule is Cc1cc(O)c2c3c(c(O)c4c(c13)OC(C)C4(C)C)C(=O)C(=O)C2=O. The Bertz CT molecular complexity index is 1040. The van der Waals surface area contributed by atoms with Crippen LogP contribution in [0.2, 0.25) is 0 Å². The van der Waals surface area contributed by atoms with Crippen molar-refractivity contribution in [3.8, 4) is 17.2 Å². The van der Waals surface area contributed by atoms with Gasteiger partial charge in [0.2, 0.25) is 11.6 Å². The third kappa shape index (κ3) is 1.61. The molecule has 6 heteroatoms. The molecule has 128 valence electrons. The number of phenolic OH excluding ortho intramolecular Hbond substituents is 2. The Labute approximate surface area is 143 Å². The van der Waals surface area contributed by atoms with Gasteiger partial charge in [-0.2, -0.15) is 0 Å². The van der Waals surface area contributed by atoms with Crippen LogP contribution in [-0.4, -0.2) is 33.7 Å². The molecular weight excluding hydrogens is 324 g/mol. The average Bonchev–Trinajstić information content (AvgIpc) is 2.74. The zero-order valence-electron chi connectivity index (χ0n) is 14.2. The summed E-state index contributed by atoms with van der Waals surface area (Å²) in [6, 6.07) is 1.37. The Morgan fingerprint density at radius 3 is 2.24 bits per heavy atom. The molecule has 4 rings (SSSR count). The number of hydrogen-bond donors (Lipinski definition) is 2. The van der Waals surface area contributed by atoms with Gasteiger partial charge in [0.05, 0.1) is 11.1 Å². The van der Waals surface area contributed by atoms with Crippen LogP contribution in [0.5, 0.6) is 17.2 Å². The van der Waals surface area contributed by atoms with E-state index in [1.807, 2.05) is 20.8 Å². The van der Waals surface area contributed by atoms with Gasteiger partial charge in [0, 0.05) is 21.8 Å². The molecule has 2 aliphatic rings. The summed E-state index contributed by atoms with van der Waals surface area (Å²) in [6.45, 7) is 7.31. The van der Waals surface area contributed by atoms with E-state index in [1.54, 1.807) is 6.92 Å². The lowest BCUT2D eigenvalue weighted by Crippen LogP contribution is -2.31. The van der Waals surface area contributed by atoms with E-state index in [4.69, 9.17) is 4.74 Å². The number of benzene rings is 2. The van der Waals surface area contributed by atoms with Crippen LogP contribution in [0.25, 0.3) is 10.8 Å². The second-order valence-corrected chi connectivity index (χ2v) is 7.23. The first-order valence-corrected chi connectivity index (χ1v) is 7.94. The summed E-state index contributed by atoms with van der Waals surface area (Å²) < 4.78 is 5.96. The van der Waals surface area contributed by atoms with E-state index < -0.39 is 22.8 Å². The molecular formula is C19H16O6. The molecule has 1 aliphatic heterocycles. The minimum Gasteiger partial charge on any atom is -0.507 e. The number of aromatic hydroxyl groups is 2. The molecule has 1 atom stereocenters. The fraction of sp³-hybridized carbons (Fsp3) is 0.316. The highest BCUT2D eigenvalue weighted by Crippen LogP contribution is 2.55. The van der Waals surface area contributed by atoms with Crippen LogP contribution in [0.4, 0.5) is 0 Å². The van der Waals surface area contributed by atoms with Crippen molar-refractivity contribution in [3.63, 3.8) is 0 Å². The lowest BCUT2D eigenvalue weighted by atomic mass is 9.75. The van der Waals surface area contributed by atoms with Crippen molar-refractivity contribution in [3.05, 3.63) is 28.3 Å². The first-order chi connectivity index (χ1) is 11.6. The van der Waals surface area contributed by atoms with Crippen LogP contribution in [0, 0.1) is 6.92 Å². The Morgan fingerprint density at radius 2 is 1.60 bits per heavy atom. The molecule has 0 aromatic heterocycles. The maximum Gasteiger partial charge on any atom is 0.274 e. The Morgan fingerprint density at radius 1 is 1.00 bits per heavy atom. The standard InChI is InChI=1S/C19H16O6/c1-6-5-8(20)10-11-9(6)18-13(19(3,4)7(2)25-18)14(21)12(11)16(23)17(24)15(10)22/h5,7,20-21H,1-4H3. The van der Waals surface area contributed by atoms with Gasteiger partial charge < -0.3 is 14.9 Å². The quantitative estimate of drug-likeness (QED) is 0.715. The topological polar surface area (TPSA) is 101 Å². The number of carbonyl (C=O) groups excluding carboxylic acids is 3. The highest BCUT2D eigenvalue weighted by Gasteiger charge is 2.48. The molecule has 1 unspecified atom stereocenters. The van der Waals surface area contributed by atoms with Gasteiger partial charge in [0.15, 0.2) is 0 Å². The lowest BCUT2D eigenvalue weighted by molar-refractivity contribution is -0.111. The molecule has 6 nitrogen and oxygen atoms in total. The number of ether oxygens (including phenoxy) is 1. The van der Waals surface area contributed by atoms with Crippen LogP contribution in [0.15, 0.2) is 6.07 Å². The normalized spacial score (nSPS) is 20.8. The molecule has 2 aromatic carbocycles. The smallest absolute Gasteiger partial charge is 0.274 e. The van der Waals surface area contributed by atoms with Crippen molar-refractivity contribution < 1.29 is 29.3 Å². The summed E-state index contributed by atoms with van der Waals surface area (Å²) in [5.74, 6) is -3.72. The molecule has 0 bridgehead atoms. The minimum atomic E-state index is -1.26. The highest BCUT2D eigenvalue weighted by molar-refractivity contribution is 6.74. The molecule has 2 aromatic rings. The van der Waals surface area contributed by atoms with Crippen molar-refractivity contribution in [1.82, 2.24) is 0 Å². The molecule has 0 saturated heterocycles. The maximum atomic E-state index is 12.5. The molecule has 0 amide bonds. The van der Waals surface area contributed by atoms with E-state index in [0.717, 1.165) is 0 Å². The Hall–Kier alpha value is -2.89. The number of hydrogen-bond acceptors (Lipinski definition) is 6. The molecule has 0 fully saturated rings. The van der Waals surface area contributed by atoms with Gasteiger partial charge in [-0.05, 0) is 25.5 Å². The minimum absolute atomic E-state index is 0.0910. The summed E-state index contributed by atoms with van der Waals surface area (Å²) in [4.78, 5) is 36.9. The number of aryl methyl sites for hydroxylation is 1. The molecule has 25 heavy (non-hydrogen) atoms. The van der Waals surface area contributed by atoms with Crippen molar-refractivity contribution >= 4 is 28.1 Å². The molecule has 0 radical (unpaired) electrons. The van der Waals surface area contributed by atoms with E-state index in [2.05, 4.69) is 0 Å².